The van der Waals surface area contributed by atoms with Gasteiger partial charge in [0, 0.05) is 23.5 Å². The predicted molar refractivity (Wildman–Crippen MR) is 110 cm³/mol. The van der Waals surface area contributed by atoms with E-state index in [4.69, 9.17) is 0 Å². The summed E-state index contributed by atoms with van der Waals surface area (Å²) in [6.07, 6.45) is 1.44. The number of aryl methyl sites for hydroxylation is 1. The van der Waals surface area contributed by atoms with Gasteiger partial charge in [-0.2, -0.15) is 0 Å². The van der Waals surface area contributed by atoms with Gasteiger partial charge in [-0.05, 0) is 73.0 Å². The number of sulfonamides is 1. The van der Waals surface area contributed by atoms with Crippen molar-refractivity contribution in [1.82, 2.24) is 0 Å². The highest BCUT2D eigenvalue weighted by atomic mass is 32.2. The number of anilines is 2. The van der Waals surface area contributed by atoms with Gasteiger partial charge in [-0.1, -0.05) is 18.2 Å². The maximum absolute atomic E-state index is 13.0. The van der Waals surface area contributed by atoms with Crippen molar-refractivity contribution in [3.8, 4) is 0 Å². The normalized spacial score (nSPS) is 13.6. The van der Waals surface area contributed by atoms with E-state index in [9.17, 15) is 17.6 Å². The smallest absolute Gasteiger partial charge is 0.261 e. The number of nitrogens with one attached hydrogen (secondary N) is 1. The number of hydrogen-bond acceptors (Lipinski definition) is 3. The number of halogens is 1. The van der Waals surface area contributed by atoms with Crippen LogP contribution in [0.15, 0.2) is 77.7 Å². The van der Waals surface area contributed by atoms with Crippen LogP contribution >= 0.6 is 0 Å². The van der Waals surface area contributed by atoms with E-state index < -0.39 is 15.8 Å². The first-order valence-corrected chi connectivity index (χ1v) is 10.7. The molecule has 1 aliphatic heterocycles. The van der Waals surface area contributed by atoms with Crippen molar-refractivity contribution >= 4 is 27.3 Å². The minimum absolute atomic E-state index is 0.105. The molecule has 0 fully saturated rings. The highest BCUT2D eigenvalue weighted by molar-refractivity contribution is 7.92. The molecule has 0 saturated heterocycles. The van der Waals surface area contributed by atoms with E-state index >= 15 is 0 Å². The van der Waals surface area contributed by atoms with Gasteiger partial charge in [0.2, 0.25) is 0 Å². The molecule has 29 heavy (non-hydrogen) atoms. The standard InChI is InChI=1S/C22H19FN2O3S/c23-18-8-10-19(11-9-18)24-29(27,28)20-12-13-21-17(15-20)7-4-14-25(21)22(26)16-5-2-1-3-6-16/h1-3,5-6,8-13,15,24H,4,7,14H2. The number of nitrogens with zero attached hydrogens (tertiary/aromatic N) is 1. The van der Waals surface area contributed by atoms with E-state index in [0.29, 0.717) is 18.5 Å². The molecule has 0 atom stereocenters. The van der Waals surface area contributed by atoms with Gasteiger partial charge in [-0.3, -0.25) is 9.52 Å². The number of benzene rings is 3. The Morgan fingerprint density at radius 3 is 2.41 bits per heavy atom. The van der Waals surface area contributed by atoms with E-state index in [1.165, 1.54) is 30.3 Å². The molecule has 1 heterocycles. The van der Waals surface area contributed by atoms with Crippen LogP contribution in [0.4, 0.5) is 15.8 Å². The number of carbonyl (C=O) groups excluding carboxylic acids is 1. The Labute approximate surface area is 168 Å². The summed E-state index contributed by atoms with van der Waals surface area (Å²) in [5.41, 5.74) is 2.41. The highest BCUT2D eigenvalue weighted by Crippen LogP contribution is 2.31. The summed E-state index contributed by atoms with van der Waals surface area (Å²) in [5.74, 6) is -0.545. The summed E-state index contributed by atoms with van der Waals surface area (Å²) >= 11 is 0. The molecule has 0 aliphatic carbocycles. The summed E-state index contributed by atoms with van der Waals surface area (Å²) in [5, 5.41) is 0. The second-order valence-electron chi connectivity index (χ2n) is 6.83. The van der Waals surface area contributed by atoms with Gasteiger partial charge in [0.25, 0.3) is 15.9 Å². The van der Waals surface area contributed by atoms with Crippen LogP contribution in [0.5, 0.6) is 0 Å². The van der Waals surface area contributed by atoms with Gasteiger partial charge in [0.05, 0.1) is 4.90 Å². The molecule has 3 aromatic carbocycles. The first-order valence-electron chi connectivity index (χ1n) is 9.22. The largest absolute Gasteiger partial charge is 0.308 e. The molecule has 0 aromatic heterocycles. The lowest BCUT2D eigenvalue weighted by Crippen LogP contribution is -2.35. The molecule has 4 rings (SSSR count). The Balaban J connectivity index is 1.63. The summed E-state index contributed by atoms with van der Waals surface area (Å²) in [4.78, 5) is 14.7. The number of carbonyl (C=O) groups is 1. The Bertz CT molecular complexity index is 1150. The van der Waals surface area contributed by atoms with Gasteiger partial charge in [-0.15, -0.1) is 0 Å². The van der Waals surface area contributed by atoms with Gasteiger partial charge in [0.1, 0.15) is 5.82 Å². The van der Waals surface area contributed by atoms with Crippen LogP contribution < -0.4 is 9.62 Å². The van der Waals surface area contributed by atoms with Crippen molar-refractivity contribution in [2.24, 2.45) is 0 Å². The van der Waals surface area contributed by atoms with Crippen molar-refractivity contribution in [1.29, 1.82) is 0 Å². The summed E-state index contributed by atoms with van der Waals surface area (Å²) in [7, 11) is -3.83. The van der Waals surface area contributed by atoms with Crippen LogP contribution in [0, 0.1) is 5.82 Å². The fourth-order valence-electron chi connectivity index (χ4n) is 3.42. The number of fused-ring (bicyclic) bond motifs is 1. The molecule has 7 heteroatoms. The molecular weight excluding hydrogens is 391 g/mol. The number of rotatable bonds is 4. The fraction of sp³-hybridized carbons (Fsp3) is 0.136. The molecule has 5 nitrogen and oxygen atoms in total. The molecule has 3 aromatic rings. The zero-order valence-corrected chi connectivity index (χ0v) is 16.3. The van der Waals surface area contributed by atoms with Crippen LogP contribution in [0.1, 0.15) is 22.3 Å². The Morgan fingerprint density at radius 1 is 0.966 bits per heavy atom. The van der Waals surface area contributed by atoms with Crippen molar-refractivity contribution < 1.29 is 17.6 Å². The third-order valence-corrected chi connectivity index (χ3v) is 6.22. The van der Waals surface area contributed by atoms with E-state index in [1.54, 1.807) is 29.2 Å². The average Bonchev–Trinajstić information content (AvgIpc) is 2.74. The zero-order valence-electron chi connectivity index (χ0n) is 15.5. The molecule has 1 N–H and O–H groups in total. The van der Waals surface area contributed by atoms with Crippen LogP contribution in [-0.2, 0) is 16.4 Å². The van der Waals surface area contributed by atoms with Gasteiger partial charge < -0.3 is 4.90 Å². The van der Waals surface area contributed by atoms with E-state index in [-0.39, 0.29) is 16.5 Å². The number of hydrogen-bond donors (Lipinski definition) is 1. The maximum Gasteiger partial charge on any atom is 0.261 e. The topological polar surface area (TPSA) is 66.5 Å². The van der Waals surface area contributed by atoms with Crippen LogP contribution in [0.25, 0.3) is 0 Å². The van der Waals surface area contributed by atoms with E-state index in [1.807, 2.05) is 18.2 Å². The highest BCUT2D eigenvalue weighted by Gasteiger charge is 2.25. The lowest BCUT2D eigenvalue weighted by Gasteiger charge is -2.30. The quantitative estimate of drug-likeness (QED) is 0.700. The maximum atomic E-state index is 13.0. The van der Waals surface area contributed by atoms with Crippen LogP contribution in [0.3, 0.4) is 0 Å². The minimum Gasteiger partial charge on any atom is -0.308 e. The monoisotopic (exact) mass is 410 g/mol. The Hall–Kier alpha value is -3.19. The van der Waals surface area contributed by atoms with Crippen molar-refractivity contribution in [3.63, 3.8) is 0 Å². The molecule has 1 amide bonds. The predicted octanol–water partition coefficient (Wildman–Crippen LogP) is 4.22. The molecule has 0 spiro atoms. The third-order valence-electron chi connectivity index (χ3n) is 4.84. The lowest BCUT2D eigenvalue weighted by atomic mass is 10.0. The Morgan fingerprint density at radius 2 is 1.69 bits per heavy atom. The zero-order chi connectivity index (χ0) is 20.4. The Kier molecular flexibility index (Phi) is 5.07. The third kappa shape index (κ3) is 4.00. The second-order valence-corrected chi connectivity index (χ2v) is 8.51. The summed E-state index contributed by atoms with van der Waals surface area (Å²) in [6.45, 7) is 0.584. The van der Waals surface area contributed by atoms with Gasteiger partial charge in [0.15, 0.2) is 0 Å². The van der Waals surface area contributed by atoms with E-state index in [0.717, 1.165) is 17.7 Å². The molecule has 148 valence electrons. The number of amides is 1. The molecule has 0 saturated carbocycles. The molecule has 0 unspecified atom stereocenters. The van der Waals surface area contributed by atoms with Crippen molar-refractivity contribution in [3.05, 3.63) is 89.7 Å². The van der Waals surface area contributed by atoms with Crippen LogP contribution in [-0.4, -0.2) is 20.9 Å². The SMILES string of the molecule is O=C(c1ccccc1)N1CCCc2cc(S(=O)(=O)Nc3ccc(F)cc3)ccc21. The molecule has 0 bridgehead atoms. The molecule has 1 aliphatic rings. The van der Waals surface area contributed by atoms with Crippen molar-refractivity contribution in [2.75, 3.05) is 16.2 Å². The van der Waals surface area contributed by atoms with Gasteiger partial charge in [-0.25, -0.2) is 12.8 Å². The van der Waals surface area contributed by atoms with E-state index in [2.05, 4.69) is 4.72 Å². The summed E-state index contributed by atoms with van der Waals surface area (Å²) < 4.78 is 40.9. The fourth-order valence-corrected chi connectivity index (χ4v) is 4.53. The minimum atomic E-state index is -3.83. The van der Waals surface area contributed by atoms with Crippen molar-refractivity contribution in [2.45, 2.75) is 17.7 Å². The first kappa shape index (κ1) is 19.1. The average molecular weight is 410 g/mol. The molecule has 0 radical (unpaired) electrons. The first-order chi connectivity index (χ1) is 13.9. The summed E-state index contributed by atoms with van der Waals surface area (Å²) in [6, 6.07) is 18.9. The van der Waals surface area contributed by atoms with Gasteiger partial charge >= 0.3 is 0 Å². The molecular formula is C22H19FN2O3S. The second kappa shape index (κ2) is 7.67. The van der Waals surface area contributed by atoms with Crippen LogP contribution in [0.2, 0.25) is 0 Å². The lowest BCUT2D eigenvalue weighted by molar-refractivity contribution is 0.0985.